The lowest BCUT2D eigenvalue weighted by Gasteiger charge is -2.10. The Morgan fingerprint density at radius 3 is 2.33 bits per heavy atom. The lowest BCUT2D eigenvalue weighted by atomic mass is 10.2. The Morgan fingerprint density at radius 1 is 1.00 bits per heavy atom. The van der Waals surface area contributed by atoms with E-state index in [4.69, 9.17) is 21.1 Å². The number of carbonyl (C=O) groups excluding carboxylic acids is 2. The first-order valence-electron chi connectivity index (χ1n) is 7.09. The van der Waals surface area contributed by atoms with Gasteiger partial charge in [0.25, 0.3) is 0 Å². The minimum Gasteiger partial charge on any atom is -0.497 e. The minimum absolute atomic E-state index is 0.148. The third-order valence-electron chi connectivity index (χ3n) is 3.24. The van der Waals surface area contributed by atoms with Gasteiger partial charge in [-0.05, 0) is 36.4 Å². The molecule has 0 aromatic heterocycles. The zero-order valence-electron chi connectivity index (χ0n) is 13.3. The highest BCUT2D eigenvalue weighted by molar-refractivity contribution is 6.39. The van der Waals surface area contributed by atoms with Crippen LogP contribution in [0.15, 0.2) is 42.5 Å². The Bertz CT molecular complexity index is 732. The molecule has 0 atom stereocenters. The van der Waals surface area contributed by atoms with Crippen molar-refractivity contribution in [1.82, 2.24) is 5.32 Å². The first-order valence-corrected chi connectivity index (χ1v) is 7.47. The van der Waals surface area contributed by atoms with Crippen LogP contribution in [0.3, 0.4) is 0 Å². The molecule has 2 aromatic rings. The second kappa shape index (κ2) is 8.21. The smallest absolute Gasteiger partial charge is 0.313 e. The summed E-state index contributed by atoms with van der Waals surface area (Å²) in [5, 5.41) is 5.57. The van der Waals surface area contributed by atoms with Crippen LogP contribution in [0.2, 0.25) is 5.02 Å². The van der Waals surface area contributed by atoms with Gasteiger partial charge in [0.2, 0.25) is 0 Å². The number of anilines is 1. The van der Waals surface area contributed by atoms with Gasteiger partial charge in [-0.25, -0.2) is 0 Å². The van der Waals surface area contributed by atoms with Crippen molar-refractivity contribution in [2.45, 2.75) is 6.54 Å². The van der Waals surface area contributed by atoms with Crippen molar-refractivity contribution in [3.8, 4) is 11.5 Å². The molecule has 0 aliphatic heterocycles. The number of hydrogen-bond donors (Lipinski definition) is 2. The summed E-state index contributed by atoms with van der Waals surface area (Å²) in [7, 11) is 3.05. The number of hydrogen-bond acceptors (Lipinski definition) is 4. The average molecular weight is 349 g/mol. The van der Waals surface area contributed by atoms with Crippen LogP contribution < -0.4 is 20.1 Å². The van der Waals surface area contributed by atoms with Crippen molar-refractivity contribution in [3.63, 3.8) is 0 Å². The average Bonchev–Trinajstić information content (AvgIpc) is 2.60. The standard InChI is InChI=1S/C17H17ClN2O4/c1-23-14-7-5-13(6-8-14)20-17(22)16(21)19-10-11-3-4-12(18)9-15(11)24-2/h3-9H,10H2,1-2H3,(H,19,21)(H,20,22). The van der Waals surface area contributed by atoms with Crippen LogP contribution in [-0.4, -0.2) is 26.0 Å². The summed E-state index contributed by atoms with van der Waals surface area (Å²) >= 11 is 5.88. The molecule has 2 rings (SSSR count). The monoisotopic (exact) mass is 348 g/mol. The van der Waals surface area contributed by atoms with E-state index in [9.17, 15) is 9.59 Å². The van der Waals surface area contributed by atoms with Gasteiger partial charge in [0.1, 0.15) is 11.5 Å². The van der Waals surface area contributed by atoms with Gasteiger partial charge < -0.3 is 20.1 Å². The molecule has 0 aliphatic rings. The fourth-order valence-corrected chi connectivity index (χ4v) is 2.14. The van der Waals surface area contributed by atoms with Gasteiger partial charge >= 0.3 is 11.8 Å². The molecule has 0 saturated carbocycles. The fraction of sp³-hybridized carbons (Fsp3) is 0.176. The van der Waals surface area contributed by atoms with Crippen LogP contribution >= 0.6 is 11.6 Å². The summed E-state index contributed by atoms with van der Waals surface area (Å²) in [6, 6.07) is 11.7. The second-order valence-corrected chi connectivity index (χ2v) is 5.26. The van der Waals surface area contributed by atoms with E-state index in [1.807, 2.05) is 0 Å². The van der Waals surface area contributed by atoms with Crippen molar-refractivity contribution in [2.24, 2.45) is 0 Å². The number of methoxy groups -OCH3 is 2. The van der Waals surface area contributed by atoms with Crippen molar-refractivity contribution in [1.29, 1.82) is 0 Å². The molecule has 0 saturated heterocycles. The Labute approximate surface area is 144 Å². The molecule has 0 bridgehead atoms. The zero-order chi connectivity index (χ0) is 17.5. The molecule has 24 heavy (non-hydrogen) atoms. The van der Waals surface area contributed by atoms with Gasteiger partial charge in [-0.15, -0.1) is 0 Å². The van der Waals surface area contributed by atoms with Crippen molar-refractivity contribution in [3.05, 3.63) is 53.1 Å². The van der Waals surface area contributed by atoms with E-state index in [1.54, 1.807) is 49.6 Å². The number of carbonyl (C=O) groups is 2. The topological polar surface area (TPSA) is 76.7 Å². The molecular formula is C17H17ClN2O4. The van der Waals surface area contributed by atoms with Crippen LogP contribution in [0.4, 0.5) is 5.69 Å². The van der Waals surface area contributed by atoms with Crippen LogP contribution in [0, 0.1) is 0 Å². The predicted molar refractivity (Wildman–Crippen MR) is 91.5 cm³/mol. The Balaban J connectivity index is 1.93. The van der Waals surface area contributed by atoms with E-state index in [0.29, 0.717) is 27.8 Å². The molecule has 0 radical (unpaired) electrons. The lowest BCUT2D eigenvalue weighted by molar-refractivity contribution is -0.136. The third kappa shape index (κ3) is 4.63. The Hall–Kier alpha value is -2.73. The molecule has 2 amide bonds. The van der Waals surface area contributed by atoms with Gasteiger partial charge in [-0.2, -0.15) is 0 Å². The highest BCUT2D eigenvalue weighted by atomic mass is 35.5. The second-order valence-electron chi connectivity index (χ2n) is 4.82. The molecule has 0 aliphatic carbocycles. The zero-order valence-corrected chi connectivity index (χ0v) is 14.0. The maximum atomic E-state index is 11.9. The third-order valence-corrected chi connectivity index (χ3v) is 3.48. The first kappa shape index (κ1) is 17.6. The number of amides is 2. The summed E-state index contributed by atoms with van der Waals surface area (Å²) in [6.45, 7) is 0.148. The van der Waals surface area contributed by atoms with Gasteiger partial charge in [-0.3, -0.25) is 9.59 Å². The quantitative estimate of drug-likeness (QED) is 0.814. The first-order chi connectivity index (χ1) is 11.5. The SMILES string of the molecule is COc1ccc(NC(=O)C(=O)NCc2ccc(Cl)cc2OC)cc1. The molecule has 126 valence electrons. The van der Waals surface area contributed by atoms with Crippen molar-refractivity contribution in [2.75, 3.05) is 19.5 Å². The largest absolute Gasteiger partial charge is 0.497 e. The molecule has 2 N–H and O–H groups in total. The fourth-order valence-electron chi connectivity index (χ4n) is 1.98. The molecule has 0 unspecified atom stereocenters. The van der Waals surface area contributed by atoms with E-state index in [2.05, 4.69) is 10.6 Å². The molecule has 2 aromatic carbocycles. The van der Waals surface area contributed by atoms with Crippen molar-refractivity contribution < 1.29 is 19.1 Å². The molecular weight excluding hydrogens is 332 g/mol. The summed E-state index contributed by atoms with van der Waals surface area (Å²) < 4.78 is 10.2. The molecule has 0 fully saturated rings. The minimum atomic E-state index is -0.756. The highest BCUT2D eigenvalue weighted by Gasteiger charge is 2.14. The maximum absolute atomic E-state index is 11.9. The van der Waals surface area contributed by atoms with Gasteiger partial charge in [0.05, 0.1) is 14.2 Å². The lowest BCUT2D eigenvalue weighted by Crippen LogP contribution is -2.35. The summed E-state index contributed by atoms with van der Waals surface area (Å²) in [5.74, 6) is -0.304. The van der Waals surface area contributed by atoms with Gasteiger partial charge in [0.15, 0.2) is 0 Å². The van der Waals surface area contributed by atoms with E-state index < -0.39 is 11.8 Å². The number of halogens is 1. The van der Waals surface area contributed by atoms with E-state index >= 15 is 0 Å². The van der Waals surface area contributed by atoms with Crippen LogP contribution in [-0.2, 0) is 16.1 Å². The maximum Gasteiger partial charge on any atom is 0.313 e. The van der Waals surface area contributed by atoms with Gasteiger partial charge in [-0.1, -0.05) is 17.7 Å². The number of ether oxygens (including phenoxy) is 2. The summed E-state index contributed by atoms with van der Waals surface area (Å²) in [4.78, 5) is 23.8. The molecule has 7 heteroatoms. The van der Waals surface area contributed by atoms with Crippen LogP contribution in [0.1, 0.15) is 5.56 Å². The summed E-state index contributed by atoms with van der Waals surface area (Å²) in [5.41, 5.74) is 1.22. The van der Waals surface area contributed by atoms with Crippen LogP contribution in [0.25, 0.3) is 0 Å². The highest BCUT2D eigenvalue weighted by Crippen LogP contribution is 2.22. The number of nitrogens with one attached hydrogen (secondary N) is 2. The Morgan fingerprint density at radius 2 is 1.71 bits per heavy atom. The van der Waals surface area contributed by atoms with E-state index in [0.717, 1.165) is 0 Å². The summed E-state index contributed by atoms with van der Waals surface area (Å²) in [6.07, 6.45) is 0. The number of rotatable bonds is 5. The predicted octanol–water partition coefficient (Wildman–Crippen LogP) is 2.61. The molecule has 0 heterocycles. The Kier molecular flexibility index (Phi) is 6.03. The van der Waals surface area contributed by atoms with E-state index in [-0.39, 0.29) is 6.54 Å². The van der Waals surface area contributed by atoms with E-state index in [1.165, 1.54) is 7.11 Å². The number of benzene rings is 2. The molecule has 0 spiro atoms. The van der Waals surface area contributed by atoms with Gasteiger partial charge in [0, 0.05) is 22.8 Å². The van der Waals surface area contributed by atoms with Crippen molar-refractivity contribution >= 4 is 29.1 Å². The molecule has 6 nitrogen and oxygen atoms in total. The van der Waals surface area contributed by atoms with Crippen LogP contribution in [0.5, 0.6) is 11.5 Å². The normalized spacial score (nSPS) is 9.96.